The Kier molecular flexibility index (Phi) is 4.59. The Morgan fingerprint density at radius 2 is 2.18 bits per heavy atom. The van der Waals surface area contributed by atoms with Gasteiger partial charge in [-0.25, -0.2) is 18.4 Å². The largest absolute Gasteiger partial charge is 0.309 e. The van der Waals surface area contributed by atoms with Gasteiger partial charge < -0.3 is 9.72 Å². The number of imidazole rings is 1. The van der Waals surface area contributed by atoms with Gasteiger partial charge in [0.25, 0.3) is 0 Å². The Balaban J connectivity index is 1.43. The van der Waals surface area contributed by atoms with Crippen molar-refractivity contribution in [3.05, 3.63) is 53.5 Å². The number of fused-ring (bicyclic) bond motifs is 2. The minimum absolute atomic E-state index is 0.0699. The molecule has 13 heteroatoms. The Hall–Kier alpha value is -3.93. The summed E-state index contributed by atoms with van der Waals surface area (Å²) in [6.07, 6.45) is 5.45. The van der Waals surface area contributed by atoms with Crippen molar-refractivity contribution in [1.82, 2.24) is 39.8 Å². The number of carbonyl (C=O) groups excluding carboxylic acids is 1. The molecule has 0 saturated heterocycles. The van der Waals surface area contributed by atoms with Crippen LogP contribution < -0.4 is 5.32 Å². The maximum absolute atomic E-state index is 15.6. The van der Waals surface area contributed by atoms with E-state index < -0.39 is 29.9 Å². The van der Waals surface area contributed by atoms with Crippen molar-refractivity contribution in [1.29, 1.82) is 0 Å². The third kappa shape index (κ3) is 3.21. The second-order valence-corrected chi connectivity index (χ2v) is 8.58. The minimum Gasteiger partial charge on any atom is -0.309 e. The molecule has 4 aromatic heterocycles. The molecule has 0 spiro atoms. The number of tetrazole rings is 1. The SMILES string of the molecule is CC(c1c(F)c(Cl)c(-c2ccc3nc(NC(=O)[C@@H]4C[C@@H]4F)cn3c2)c2cn[nH]c12)n1cnnn1. The van der Waals surface area contributed by atoms with Crippen LogP contribution in [0.5, 0.6) is 0 Å². The summed E-state index contributed by atoms with van der Waals surface area (Å²) in [6, 6.07) is 2.93. The third-order valence-corrected chi connectivity index (χ3v) is 6.40. The molecular weight excluding hydrogens is 468 g/mol. The molecule has 1 aromatic carbocycles. The number of hydrogen-bond acceptors (Lipinski definition) is 6. The zero-order valence-corrected chi connectivity index (χ0v) is 18.3. The summed E-state index contributed by atoms with van der Waals surface area (Å²) in [4.78, 5) is 16.4. The lowest BCUT2D eigenvalue weighted by Gasteiger charge is -2.17. The number of pyridine rings is 1. The Morgan fingerprint density at radius 3 is 2.91 bits per heavy atom. The molecule has 4 heterocycles. The van der Waals surface area contributed by atoms with Crippen LogP contribution in [0.1, 0.15) is 24.9 Å². The average molecular weight is 484 g/mol. The van der Waals surface area contributed by atoms with E-state index >= 15 is 4.39 Å². The van der Waals surface area contributed by atoms with Gasteiger partial charge in [-0.15, -0.1) is 5.10 Å². The van der Waals surface area contributed by atoms with Crippen LogP contribution in [0.25, 0.3) is 27.7 Å². The van der Waals surface area contributed by atoms with Crippen LogP contribution in [-0.4, -0.2) is 51.9 Å². The number of alkyl halides is 1. The smallest absolute Gasteiger partial charge is 0.231 e. The topological polar surface area (TPSA) is 119 Å². The predicted octanol–water partition coefficient (Wildman–Crippen LogP) is 3.56. The fourth-order valence-corrected chi connectivity index (χ4v) is 4.46. The number of nitrogens with zero attached hydrogens (tertiary/aromatic N) is 7. The zero-order chi connectivity index (χ0) is 23.6. The van der Waals surface area contributed by atoms with Crippen molar-refractivity contribution < 1.29 is 13.6 Å². The number of rotatable bonds is 5. The van der Waals surface area contributed by atoms with Gasteiger partial charge in [-0.1, -0.05) is 11.6 Å². The Morgan fingerprint density at radius 1 is 1.35 bits per heavy atom. The van der Waals surface area contributed by atoms with Crippen LogP contribution in [0.15, 0.2) is 37.1 Å². The van der Waals surface area contributed by atoms with E-state index in [9.17, 15) is 9.18 Å². The minimum atomic E-state index is -1.09. The zero-order valence-electron chi connectivity index (χ0n) is 17.6. The molecular formula is C21H16ClF2N9O. The van der Waals surface area contributed by atoms with E-state index in [1.807, 2.05) is 0 Å². The predicted molar refractivity (Wildman–Crippen MR) is 119 cm³/mol. The average Bonchev–Trinajstić information content (AvgIpc) is 3.26. The summed E-state index contributed by atoms with van der Waals surface area (Å²) in [5.41, 5.74) is 2.38. The van der Waals surface area contributed by atoms with E-state index in [4.69, 9.17) is 11.6 Å². The van der Waals surface area contributed by atoms with Crippen LogP contribution in [0.2, 0.25) is 5.02 Å². The summed E-state index contributed by atoms with van der Waals surface area (Å²) in [7, 11) is 0. The Bertz CT molecular complexity index is 1560. The number of halogens is 3. The van der Waals surface area contributed by atoms with Gasteiger partial charge in [0.2, 0.25) is 5.91 Å². The third-order valence-electron chi connectivity index (χ3n) is 6.05. The highest BCUT2D eigenvalue weighted by molar-refractivity contribution is 6.35. The van der Waals surface area contributed by atoms with E-state index in [0.717, 1.165) is 0 Å². The van der Waals surface area contributed by atoms with Gasteiger partial charge in [-0.05, 0) is 35.9 Å². The molecule has 34 heavy (non-hydrogen) atoms. The van der Waals surface area contributed by atoms with Gasteiger partial charge in [0.1, 0.15) is 24.0 Å². The maximum Gasteiger partial charge on any atom is 0.231 e. The molecule has 0 radical (unpaired) electrons. The van der Waals surface area contributed by atoms with E-state index in [1.54, 1.807) is 42.0 Å². The lowest BCUT2D eigenvalue weighted by Crippen LogP contribution is -2.15. The van der Waals surface area contributed by atoms with Crippen LogP contribution in [0, 0.1) is 11.7 Å². The second-order valence-electron chi connectivity index (χ2n) is 8.20. The number of aromatic amines is 1. The molecule has 1 unspecified atom stereocenters. The number of anilines is 1. The van der Waals surface area contributed by atoms with Gasteiger partial charge in [-0.3, -0.25) is 9.89 Å². The number of nitrogens with one attached hydrogen (secondary N) is 2. The first-order chi connectivity index (χ1) is 16.4. The quantitative estimate of drug-likeness (QED) is 0.394. The fraction of sp³-hybridized carbons (Fsp3) is 0.238. The van der Waals surface area contributed by atoms with Crippen molar-refractivity contribution in [3.63, 3.8) is 0 Å². The standard InChI is InChI=1S/C21H16ClF2N9O/c1-9(33-8-26-30-31-33)16-19(24)18(22)17(12-5-25-29-20(12)16)10-2-3-15-27-14(7-32(15)6-10)28-21(34)11-4-13(11)23/h2-3,5-9,11,13H,4H2,1H3,(H,25,29)(H,28,34)/t9?,11-,13+/m1/s1. The molecule has 1 fully saturated rings. The number of aromatic nitrogens is 8. The maximum atomic E-state index is 15.6. The van der Waals surface area contributed by atoms with Crippen molar-refractivity contribution in [2.24, 2.45) is 5.92 Å². The highest BCUT2D eigenvalue weighted by atomic mass is 35.5. The summed E-state index contributed by atoms with van der Waals surface area (Å²) >= 11 is 6.56. The highest BCUT2D eigenvalue weighted by Crippen LogP contribution is 2.41. The van der Waals surface area contributed by atoms with Crippen molar-refractivity contribution in [3.8, 4) is 11.1 Å². The van der Waals surface area contributed by atoms with Crippen molar-refractivity contribution in [2.75, 3.05) is 5.32 Å². The molecule has 172 valence electrons. The number of H-pyrrole nitrogens is 1. The summed E-state index contributed by atoms with van der Waals surface area (Å²) < 4.78 is 31.9. The van der Waals surface area contributed by atoms with Gasteiger partial charge in [-0.2, -0.15) is 5.10 Å². The molecule has 1 aliphatic carbocycles. The van der Waals surface area contributed by atoms with Crippen LogP contribution >= 0.6 is 11.6 Å². The molecule has 3 atom stereocenters. The molecule has 1 amide bonds. The van der Waals surface area contributed by atoms with Crippen LogP contribution in [0.4, 0.5) is 14.6 Å². The van der Waals surface area contributed by atoms with Crippen LogP contribution in [0.3, 0.4) is 0 Å². The Labute approximate surface area is 194 Å². The number of benzene rings is 1. The first-order valence-electron chi connectivity index (χ1n) is 10.4. The summed E-state index contributed by atoms with van der Waals surface area (Å²) in [6.45, 7) is 1.76. The van der Waals surface area contributed by atoms with Gasteiger partial charge >= 0.3 is 0 Å². The van der Waals surface area contributed by atoms with Gasteiger partial charge in [0.05, 0.1) is 34.9 Å². The molecule has 10 nitrogen and oxygen atoms in total. The molecule has 6 rings (SSSR count). The number of amides is 1. The van der Waals surface area contributed by atoms with Gasteiger partial charge in [0, 0.05) is 28.3 Å². The molecule has 1 saturated carbocycles. The van der Waals surface area contributed by atoms with Gasteiger partial charge in [0.15, 0.2) is 5.82 Å². The summed E-state index contributed by atoms with van der Waals surface area (Å²) in [5, 5.41) is 21.3. The van der Waals surface area contributed by atoms with E-state index in [2.05, 4.69) is 36.0 Å². The number of carbonyl (C=O) groups is 1. The first kappa shape index (κ1) is 20.7. The van der Waals surface area contributed by atoms with E-state index in [1.165, 1.54) is 11.0 Å². The fourth-order valence-electron chi connectivity index (χ4n) is 4.14. The van der Waals surface area contributed by atoms with Crippen LogP contribution in [-0.2, 0) is 4.79 Å². The molecule has 0 bridgehead atoms. The van der Waals surface area contributed by atoms with E-state index in [-0.39, 0.29) is 17.0 Å². The summed E-state index contributed by atoms with van der Waals surface area (Å²) in [5.74, 6) is -1.32. The van der Waals surface area contributed by atoms with E-state index in [0.29, 0.717) is 33.5 Å². The molecule has 2 N–H and O–H groups in total. The molecule has 5 aromatic rings. The lowest BCUT2D eigenvalue weighted by molar-refractivity contribution is -0.117. The highest BCUT2D eigenvalue weighted by Gasteiger charge is 2.43. The molecule has 0 aliphatic heterocycles. The second kappa shape index (κ2) is 7.55. The lowest BCUT2D eigenvalue weighted by atomic mass is 9.97. The normalized spacial score (nSPS) is 18.5. The monoisotopic (exact) mass is 483 g/mol. The van der Waals surface area contributed by atoms with Crippen molar-refractivity contribution in [2.45, 2.75) is 25.6 Å². The first-order valence-corrected chi connectivity index (χ1v) is 10.8. The number of hydrogen-bond donors (Lipinski definition) is 2. The molecule has 1 aliphatic rings. The van der Waals surface area contributed by atoms with Crippen molar-refractivity contribution >= 4 is 39.9 Å².